The summed E-state index contributed by atoms with van der Waals surface area (Å²) in [5.74, 6) is 2.53. The number of likely N-dealkylation sites (tertiary alicyclic amines) is 1. The lowest BCUT2D eigenvalue weighted by molar-refractivity contribution is -0.940. The lowest BCUT2D eigenvalue weighted by Crippen LogP contribution is -2.62. The minimum Gasteiger partial charge on any atom is -0.461 e. The molecule has 2 saturated heterocycles. The van der Waals surface area contributed by atoms with Gasteiger partial charge in [-0.1, -0.05) is 27.7 Å². The standard InChI is InChI=1S/C35H59N2O5/c1-6-31(38)41-30-21-24-11-12-25-26(35(24,4)23-28(30)36-15-19-40-20-16-36)13-14-34(3)27(25)22-29(33(34)42-32(39)7-2)37(5)17-9-8-10-18-37/h24-30,33H,6-23H2,1-5H3/q+1/t24-,25+,26-,27-,28+,29-,30-,33-,34-,35-/m0/s1. The van der Waals surface area contributed by atoms with Gasteiger partial charge < -0.3 is 18.7 Å². The van der Waals surface area contributed by atoms with Gasteiger partial charge in [0.15, 0.2) is 6.10 Å². The van der Waals surface area contributed by atoms with E-state index in [4.69, 9.17) is 14.2 Å². The van der Waals surface area contributed by atoms with Crippen LogP contribution in [0.1, 0.15) is 105 Å². The second-order valence-corrected chi connectivity index (χ2v) is 15.8. The highest BCUT2D eigenvalue weighted by Gasteiger charge is 2.67. The molecule has 2 heterocycles. The topological polar surface area (TPSA) is 65.1 Å². The van der Waals surface area contributed by atoms with Gasteiger partial charge in [-0.25, -0.2) is 0 Å². The number of ether oxygens (including phenoxy) is 3. The molecule has 6 rings (SSSR count). The first-order valence-corrected chi connectivity index (χ1v) is 17.7. The summed E-state index contributed by atoms with van der Waals surface area (Å²) >= 11 is 0. The van der Waals surface area contributed by atoms with Crippen LogP contribution < -0.4 is 0 Å². The lowest BCUT2D eigenvalue weighted by Gasteiger charge is -2.62. The number of carbonyl (C=O) groups excluding carboxylic acids is 2. The van der Waals surface area contributed by atoms with Gasteiger partial charge in [-0.3, -0.25) is 14.5 Å². The van der Waals surface area contributed by atoms with E-state index in [-0.39, 0.29) is 41.0 Å². The van der Waals surface area contributed by atoms with Gasteiger partial charge in [0.25, 0.3) is 0 Å². The molecule has 238 valence electrons. The maximum Gasteiger partial charge on any atom is 0.306 e. The number of fused-ring (bicyclic) bond motifs is 5. The molecule has 6 fully saturated rings. The molecular formula is C35H59N2O5+. The van der Waals surface area contributed by atoms with Crippen molar-refractivity contribution in [2.75, 3.05) is 46.4 Å². The van der Waals surface area contributed by atoms with E-state index in [1.807, 2.05) is 13.8 Å². The van der Waals surface area contributed by atoms with Crippen molar-refractivity contribution in [2.45, 2.75) is 129 Å². The molecule has 0 radical (unpaired) electrons. The van der Waals surface area contributed by atoms with Gasteiger partial charge in [-0.15, -0.1) is 0 Å². The lowest BCUT2D eigenvalue weighted by atomic mass is 9.44. The molecular weight excluding hydrogens is 528 g/mol. The summed E-state index contributed by atoms with van der Waals surface area (Å²) in [6.45, 7) is 14.8. The molecule has 0 spiro atoms. The second-order valence-electron chi connectivity index (χ2n) is 15.8. The van der Waals surface area contributed by atoms with E-state index in [2.05, 4.69) is 25.8 Å². The van der Waals surface area contributed by atoms with Gasteiger partial charge >= 0.3 is 11.9 Å². The van der Waals surface area contributed by atoms with Crippen molar-refractivity contribution < 1.29 is 28.3 Å². The Morgan fingerprint density at radius 3 is 2.26 bits per heavy atom. The summed E-state index contributed by atoms with van der Waals surface area (Å²) in [6, 6.07) is 0.704. The summed E-state index contributed by atoms with van der Waals surface area (Å²) in [7, 11) is 2.47. The van der Waals surface area contributed by atoms with Crippen molar-refractivity contribution in [3.05, 3.63) is 0 Å². The van der Waals surface area contributed by atoms with Gasteiger partial charge in [-0.2, -0.15) is 0 Å². The predicted octanol–water partition coefficient (Wildman–Crippen LogP) is 5.59. The Bertz CT molecular complexity index is 992. The monoisotopic (exact) mass is 587 g/mol. The average Bonchev–Trinajstić information content (AvgIpc) is 3.30. The number of hydrogen-bond donors (Lipinski definition) is 0. The quantitative estimate of drug-likeness (QED) is 0.298. The third-order valence-electron chi connectivity index (χ3n) is 13.9. The van der Waals surface area contributed by atoms with E-state index >= 15 is 0 Å². The Kier molecular flexibility index (Phi) is 8.78. The fourth-order valence-corrected chi connectivity index (χ4v) is 11.5. The molecule has 7 nitrogen and oxygen atoms in total. The predicted molar refractivity (Wildman–Crippen MR) is 163 cm³/mol. The largest absolute Gasteiger partial charge is 0.461 e. The summed E-state index contributed by atoms with van der Waals surface area (Å²) in [4.78, 5) is 28.0. The van der Waals surface area contributed by atoms with Gasteiger partial charge in [0.05, 0.1) is 33.4 Å². The summed E-state index contributed by atoms with van der Waals surface area (Å²) in [6.07, 6.45) is 13.1. The Balaban J connectivity index is 1.29. The van der Waals surface area contributed by atoms with Gasteiger partial charge in [-0.05, 0) is 86.9 Å². The molecule has 10 atom stereocenters. The molecule has 4 saturated carbocycles. The SMILES string of the molecule is CCC(=O)O[C@H]1C[C@@H]2CC[C@@H]3[C@H](CC[C@@]4(C)[C@H]3C[C@H]([N+]3(C)CCCCC3)[C@@H]4OC(=O)CC)[C@@]2(C)C[C@H]1N1CCOCC1. The van der Waals surface area contributed by atoms with E-state index < -0.39 is 0 Å². The first kappa shape index (κ1) is 30.8. The first-order chi connectivity index (χ1) is 20.1. The van der Waals surface area contributed by atoms with E-state index in [9.17, 15) is 9.59 Å². The van der Waals surface area contributed by atoms with Crippen molar-refractivity contribution >= 4 is 11.9 Å². The van der Waals surface area contributed by atoms with E-state index in [0.717, 1.165) is 50.0 Å². The number of quaternary nitrogens is 1. The minimum atomic E-state index is -0.0528. The summed E-state index contributed by atoms with van der Waals surface area (Å²) in [5.41, 5.74) is 0.315. The smallest absolute Gasteiger partial charge is 0.306 e. The summed E-state index contributed by atoms with van der Waals surface area (Å²) < 4.78 is 19.5. The molecule has 0 aromatic heterocycles. The number of hydrogen-bond acceptors (Lipinski definition) is 6. The molecule has 0 bridgehead atoms. The third-order valence-corrected chi connectivity index (χ3v) is 13.9. The minimum absolute atomic E-state index is 0.00344. The van der Waals surface area contributed by atoms with Crippen LogP contribution in [-0.2, 0) is 23.8 Å². The Labute approximate surface area is 255 Å². The number of morpholine rings is 1. The fraction of sp³-hybridized carbons (Fsp3) is 0.943. The van der Waals surface area contributed by atoms with Crippen molar-refractivity contribution in [3.63, 3.8) is 0 Å². The van der Waals surface area contributed by atoms with E-state index in [1.54, 1.807) is 0 Å². The van der Waals surface area contributed by atoms with Crippen LogP contribution >= 0.6 is 0 Å². The highest BCUT2D eigenvalue weighted by molar-refractivity contribution is 5.69. The average molecular weight is 588 g/mol. The van der Waals surface area contributed by atoms with Gasteiger partial charge in [0, 0.05) is 43.8 Å². The molecule has 4 aliphatic carbocycles. The zero-order valence-electron chi connectivity index (χ0n) is 27.3. The van der Waals surface area contributed by atoms with Crippen LogP contribution in [0.4, 0.5) is 0 Å². The zero-order valence-corrected chi connectivity index (χ0v) is 27.3. The number of rotatable bonds is 6. The molecule has 42 heavy (non-hydrogen) atoms. The zero-order chi connectivity index (χ0) is 29.7. The fourth-order valence-electron chi connectivity index (χ4n) is 11.5. The van der Waals surface area contributed by atoms with Crippen LogP contribution in [0, 0.1) is 34.5 Å². The van der Waals surface area contributed by atoms with Crippen LogP contribution in [0.3, 0.4) is 0 Å². The normalized spacial score (nSPS) is 45.3. The highest BCUT2D eigenvalue weighted by atomic mass is 16.6. The van der Waals surface area contributed by atoms with Crippen LogP contribution in [0.2, 0.25) is 0 Å². The van der Waals surface area contributed by atoms with E-state index in [0.29, 0.717) is 42.6 Å². The third kappa shape index (κ3) is 5.25. The van der Waals surface area contributed by atoms with Crippen LogP contribution in [-0.4, -0.2) is 92.1 Å². The number of esters is 2. The second kappa shape index (κ2) is 12.0. The Hall–Kier alpha value is -1.18. The van der Waals surface area contributed by atoms with Crippen molar-refractivity contribution in [1.82, 2.24) is 4.90 Å². The Morgan fingerprint density at radius 1 is 0.881 bits per heavy atom. The van der Waals surface area contributed by atoms with E-state index in [1.165, 1.54) is 58.0 Å². The van der Waals surface area contributed by atoms with Crippen LogP contribution in [0.5, 0.6) is 0 Å². The van der Waals surface area contributed by atoms with Crippen LogP contribution in [0.15, 0.2) is 0 Å². The van der Waals surface area contributed by atoms with Crippen molar-refractivity contribution in [3.8, 4) is 0 Å². The van der Waals surface area contributed by atoms with Crippen LogP contribution in [0.25, 0.3) is 0 Å². The maximum absolute atomic E-state index is 12.9. The molecule has 0 N–H and O–H groups in total. The number of carbonyl (C=O) groups is 2. The molecule has 2 aliphatic heterocycles. The number of likely N-dealkylation sites (N-methyl/N-ethyl adjacent to an activating group) is 1. The Morgan fingerprint density at radius 2 is 1.57 bits per heavy atom. The van der Waals surface area contributed by atoms with Gasteiger partial charge in [0.1, 0.15) is 12.1 Å². The highest BCUT2D eigenvalue weighted by Crippen LogP contribution is 2.67. The maximum atomic E-state index is 12.9. The van der Waals surface area contributed by atoms with Crippen molar-refractivity contribution in [1.29, 1.82) is 0 Å². The summed E-state index contributed by atoms with van der Waals surface area (Å²) in [5, 5.41) is 0. The molecule has 0 aromatic carbocycles. The van der Waals surface area contributed by atoms with Crippen molar-refractivity contribution in [2.24, 2.45) is 34.5 Å². The number of nitrogens with zero attached hydrogens (tertiary/aromatic N) is 2. The molecule has 0 aromatic rings. The first-order valence-electron chi connectivity index (χ1n) is 17.7. The molecule has 0 amide bonds. The molecule has 7 heteroatoms. The molecule has 0 unspecified atom stereocenters. The number of piperidine rings is 1. The van der Waals surface area contributed by atoms with Gasteiger partial charge in [0.2, 0.25) is 0 Å². The molecule has 6 aliphatic rings.